The van der Waals surface area contributed by atoms with Crippen LogP contribution in [0.15, 0.2) is 18.2 Å². The zero-order valence-corrected chi connectivity index (χ0v) is 12.2. The van der Waals surface area contributed by atoms with Crippen LogP contribution in [0, 0.1) is 11.7 Å². The van der Waals surface area contributed by atoms with Crippen LogP contribution in [0.2, 0.25) is 0 Å². The van der Waals surface area contributed by atoms with Crippen LogP contribution >= 0.6 is 0 Å². The molecule has 0 bridgehead atoms. The molecule has 1 aromatic carbocycles. The Balaban J connectivity index is 1.77. The summed E-state index contributed by atoms with van der Waals surface area (Å²) in [5.74, 6) is 0.540. The Kier molecular flexibility index (Phi) is 3.94. The molecular formula is C16H24FN3. The van der Waals surface area contributed by atoms with Gasteiger partial charge in [0.25, 0.3) is 0 Å². The highest BCUT2D eigenvalue weighted by Gasteiger charge is 2.34. The van der Waals surface area contributed by atoms with Crippen LogP contribution in [0.3, 0.4) is 0 Å². The lowest BCUT2D eigenvalue weighted by molar-refractivity contribution is 0.102. The maximum Gasteiger partial charge on any atom is 0.125 e. The van der Waals surface area contributed by atoms with Crippen LogP contribution in [0.5, 0.6) is 0 Å². The summed E-state index contributed by atoms with van der Waals surface area (Å²) in [6.45, 7) is 3.67. The Bertz CT molecular complexity index is 477. The van der Waals surface area contributed by atoms with Gasteiger partial charge in [-0.2, -0.15) is 0 Å². The minimum Gasteiger partial charge on any atom is -0.371 e. The average Bonchev–Trinajstić information content (AvgIpc) is 2.46. The molecule has 2 N–H and O–H groups in total. The largest absolute Gasteiger partial charge is 0.371 e. The monoisotopic (exact) mass is 277 g/mol. The number of rotatable bonds is 2. The first-order valence-corrected chi connectivity index (χ1v) is 7.62. The molecule has 3 nitrogen and oxygen atoms in total. The molecule has 0 radical (unpaired) electrons. The van der Waals surface area contributed by atoms with Crippen molar-refractivity contribution in [1.82, 2.24) is 4.90 Å². The van der Waals surface area contributed by atoms with Crippen molar-refractivity contribution < 1.29 is 4.39 Å². The minimum atomic E-state index is -0.175. The number of hydrogen-bond donors (Lipinski definition) is 1. The molecule has 2 saturated heterocycles. The Labute approximate surface area is 120 Å². The normalized spacial score (nSPS) is 27.4. The van der Waals surface area contributed by atoms with Crippen molar-refractivity contribution in [3.05, 3.63) is 29.6 Å². The van der Waals surface area contributed by atoms with Gasteiger partial charge < -0.3 is 15.5 Å². The highest BCUT2D eigenvalue weighted by atomic mass is 19.1. The first-order valence-electron chi connectivity index (χ1n) is 7.62. The van der Waals surface area contributed by atoms with Gasteiger partial charge in [0.15, 0.2) is 0 Å². The molecule has 0 aromatic heterocycles. The number of halogens is 1. The van der Waals surface area contributed by atoms with Crippen molar-refractivity contribution in [2.75, 3.05) is 31.6 Å². The van der Waals surface area contributed by atoms with E-state index in [4.69, 9.17) is 5.73 Å². The first-order chi connectivity index (χ1) is 9.67. The van der Waals surface area contributed by atoms with Crippen LogP contribution < -0.4 is 10.6 Å². The fourth-order valence-electron chi connectivity index (χ4n) is 3.82. The summed E-state index contributed by atoms with van der Waals surface area (Å²) >= 11 is 0. The summed E-state index contributed by atoms with van der Waals surface area (Å²) in [5.41, 5.74) is 7.52. The van der Waals surface area contributed by atoms with Crippen LogP contribution in [-0.4, -0.2) is 37.6 Å². The third-order valence-corrected chi connectivity index (χ3v) is 4.89. The van der Waals surface area contributed by atoms with E-state index in [-0.39, 0.29) is 5.82 Å². The molecule has 4 heteroatoms. The number of fused-ring (bicyclic) bond motifs is 1. The highest BCUT2D eigenvalue weighted by molar-refractivity contribution is 5.49. The number of nitrogens with zero attached hydrogens (tertiary/aromatic N) is 2. The fourth-order valence-corrected chi connectivity index (χ4v) is 3.82. The van der Waals surface area contributed by atoms with Crippen LogP contribution in [0.25, 0.3) is 0 Å². The van der Waals surface area contributed by atoms with E-state index in [1.807, 2.05) is 6.07 Å². The van der Waals surface area contributed by atoms with E-state index in [0.29, 0.717) is 18.5 Å². The molecule has 1 aromatic rings. The predicted molar refractivity (Wildman–Crippen MR) is 80.3 cm³/mol. The number of hydrogen-bond acceptors (Lipinski definition) is 3. The van der Waals surface area contributed by atoms with Gasteiger partial charge in [-0.15, -0.1) is 0 Å². The van der Waals surface area contributed by atoms with Crippen molar-refractivity contribution in [1.29, 1.82) is 0 Å². The quantitative estimate of drug-likeness (QED) is 0.899. The number of piperidine rings is 2. The van der Waals surface area contributed by atoms with Gasteiger partial charge in [0.1, 0.15) is 5.82 Å². The number of benzene rings is 1. The summed E-state index contributed by atoms with van der Waals surface area (Å²) in [5, 5.41) is 0. The Morgan fingerprint density at radius 3 is 2.90 bits per heavy atom. The van der Waals surface area contributed by atoms with Crippen molar-refractivity contribution in [2.45, 2.75) is 31.8 Å². The molecular weight excluding hydrogens is 253 g/mol. The fraction of sp³-hybridized carbons (Fsp3) is 0.625. The molecule has 110 valence electrons. The van der Waals surface area contributed by atoms with Gasteiger partial charge >= 0.3 is 0 Å². The lowest BCUT2D eigenvalue weighted by atomic mass is 9.84. The lowest BCUT2D eigenvalue weighted by Crippen LogP contribution is -2.52. The van der Waals surface area contributed by atoms with Gasteiger partial charge in [-0.05, 0) is 62.5 Å². The van der Waals surface area contributed by atoms with Crippen LogP contribution in [-0.2, 0) is 6.54 Å². The SMILES string of the molecule is CN1CCCC2CN(c3cc(F)cc(CN)c3)CCC21. The van der Waals surface area contributed by atoms with Gasteiger partial charge in [-0.1, -0.05) is 0 Å². The van der Waals surface area contributed by atoms with E-state index in [0.717, 1.165) is 24.3 Å². The average molecular weight is 277 g/mol. The molecule has 0 aliphatic carbocycles. The molecule has 2 heterocycles. The van der Waals surface area contributed by atoms with Crippen LogP contribution in [0.1, 0.15) is 24.8 Å². The summed E-state index contributed by atoms with van der Waals surface area (Å²) in [6, 6.07) is 5.93. The first kappa shape index (κ1) is 13.8. The van der Waals surface area contributed by atoms with Gasteiger partial charge in [-0.25, -0.2) is 4.39 Å². The molecule has 0 amide bonds. The third kappa shape index (κ3) is 2.67. The highest BCUT2D eigenvalue weighted by Crippen LogP contribution is 2.32. The Morgan fingerprint density at radius 1 is 1.25 bits per heavy atom. The summed E-state index contributed by atoms with van der Waals surface area (Å²) in [7, 11) is 2.24. The Morgan fingerprint density at radius 2 is 2.10 bits per heavy atom. The van der Waals surface area contributed by atoms with Gasteiger partial charge in [0, 0.05) is 31.4 Å². The van der Waals surface area contributed by atoms with E-state index >= 15 is 0 Å². The summed E-state index contributed by atoms with van der Waals surface area (Å²) < 4.78 is 13.7. The van der Waals surface area contributed by atoms with Crippen molar-refractivity contribution >= 4 is 5.69 Å². The van der Waals surface area contributed by atoms with Gasteiger partial charge in [0.05, 0.1) is 0 Å². The van der Waals surface area contributed by atoms with Crippen molar-refractivity contribution in [2.24, 2.45) is 11.7 Å². The second-order valence-corrected chi connectivity index (χ2v) is 6.21. The van der Waals surface area contributed by atoms with Gasteiger partial charge in [-0.3, -0.25) is 0 Å². The van der Waals surface area contributed by atoms with Gasteiger partial charge in [0.2, 0.25) is 0 Å². The lowest BCUT2D eigenvalue weighted by Gasteiger charge is -2.46. The molecule has 3 rings (SSSR count). The molecule has 0 spiro atoms. The van der Waals surface area contributed by atoms with E-state index in [9.17, 15) is 4.39 Å². The topological polar surface area (TPSA) is 32.5 Å². The summed E-state index contributed by atoms with van der Waals surface area (Å²) in [6.07, 6.45) is 3.75. The number of anilines is 1. The van der Waals surface area contributed by atoms with Crippen LogP contribution in [0.4, 0.5) is 10.1 Å². The number of likely N-dealkylation sites (tertiary alicyclic amines) is 1. The minimum absolute atomic E-state index is 0.175. The second kappa shape index (κ2) is 5.70. The predicted octanol–water partition coefficient (Wildman–Crippen LogP) is 2.20. The zero-order valence-electron chi connectivity index (χ0n) is 12.2. The standard InChI is InChI=1S/C16H24FN3/c1-19-5-2-3-13-11-20(6-4-16(13)19)15-8-12(10-18)7-14(17)9-15/h7-9,13,16H,2-6,10-11,18H2,1H3. The maximum atomic E-state index is 13.7. The molecule has 2 aliphatic rings. The van der Waals surface area contributed by atoms with E-state index in [1.54, 1.807) is 6.07 Å². The Hall–Kier alpha value is -1.13. The van der Waals surface area contributed by atoms with E-state index in [1.165, 1.54) is 31.9 Å². The molecule has 2 aliphatic heterocycles. The zero-order chi connectivity index (χ0) is 14.1. The molecule has 2 unspecified atom stereocenters. The smallest absolute Gasteiger partial charge is 0.125 e. The molecule has 2 fully saturated rings. The maximum absolute atomic E-state index is 13.7. The van der Waals surface area contributed by atoms with Crippen molar-refractivity contribution in [3.8, 4) is 0 Å². The molecule has 0 saturated carbocycles. The summed E-state index contributed by atoms with van der Waals surface area (Å²) in [4.78, 5) is 4.84. The molecule has 20 heavy (non-hydrogen) atoms. The van der Waals surface area contributed by atoms with Crippen molar-refractivity contribution in [3.63, 3.8) is 0 Å². The number of nitrogens with two attached hydrogens (primary N) is 1. The third-order valence-electron chi connectivity index (χ3n) is 4.89. The second-order valence-electron chi connectivity index (χ2n) is 6.21. The molecule has 2 atom stereocenters. The van der Waals surface area contributed by atoms with E-state index < -0.39 is 0 Å². The van der Waals surface area contributed by atoms with E-state index in [2.05, 4.69) is 16.8 Å².